The van der Waals surface area contributed by atoms with Crippen LogP contribution in [0.1, 0.15) is 22.7 Å². The normalized spacial score (nSPS) is 17.2. The van der Waals surface area contributed by atoms with Crippen LogP contribution in [0.3, 0.4) is 0 Å². The van der Waals surface area contributed by atoms with E-state index in [-0.39, 0.29) is 6.03 Å². The summed E-state index contributed by atoms with van der Waals surface area (Å²) in [7, 11) is 0. The summed E-state index contributed by atoms with van der Waals surface area (Å²) in [5, 5.41) is 7.52. The van der Waals surface area contributed by atoms with Crippen LogP contribution in [-0.4, -0.2) is 27.2 Å². The number of benzene rings is 2. The van der Waals surface area contributed by atoms with Gasteiger partial charge < -0.3 is 11.1 Å². The smallest absolute Gasteiger partial charge is 0.322 e. The van der Waals surface area contributed by atoms with Crippen LogP contribution in [0.25, 0.3) is 16.8 Å². The fraction of sp³-hybridized carbons (Fsp3) is 0.136. The number of rotatable bonds is 2. The van der Waals surface area contributed by atoms with Crippen molar-refractivity contribution >= 4 is 34.7 Å². The van der Waals surface area contributed by atoms with Gasteiger partial charge in [0.2, 0.25) is 0 Å². The van der Waals surface area contributed by atoms with E-state index in [0.29, 0.717) is 34.9 Å². The second kappa shape index (κ2) is 6.42. The fourth-order valence-electron chi connectivity index (χ4n) is 4.69. The molecule has 6 rings (SSSR count). The molecule has 1 unspecified atom stereocenters. The highest BCUT2D eigenvalue weighted by molar-refractivity contribution is 6.31. The number of anilines is 2. The molecule has 1 atom stereocenters. The van der Waals surface area contributed by atoms with Gasteiger partial charge in [-0.1, -0.05) is 11.6 Å². The van der Waals surface area contributed by atoms with Gasteiger partial charge in [-0.2, -0.15) is 5.10 Å². The maximum atomic E-state index is 14.0. The number of nitrogens with one attached hydrogen (secondary N) is 1. The molecule has 7 nitrogen and oxygen atoms in total. The Kier molecular flexibility index (Phi) is 3.76. The molecule has 0 radical (unpaired) electrons. The lowest BCUT2D eigenvalue weighted by molar-refractivity contribution is 0.243. The largest absolute Gasteiger partial charge is 0.398 e. The average Bonchev–Trinajstić information content (AvgIpc) is 3.41. The van der Waals surface area contributed by atoms with E-state index in [2.05, 4.69) is 15.4 Å². The number of carbonyl (C=O) groups is 1. The molecule has 31 heavy (non-hydrogen) atoms. The summed E-state index contributed by atoms with van der Waals surface area (Å²) < 4.78 is 15.7. The number of nitrogens with zero attached hydrogens (tertiary/aromatic N) is 4. The van der Waals surface area contributed by atoms with E-state index in [1.54, 1.807) is 9.42 Å². The van der Waals surface area contributed by atoms with Gasteiger partial charge in [-0.15, -0.1) is 0 Å². The lowest BCUT2D eigenvalue weighted by Gasteiger charge is -2.34. The van der Waals surface area contributed by atoms with Crippen molar-refractivity contribution in [1.29, 1.82) is 0 Å². The molecule has 0 spiro atoms. The molecule has 2 aliphatic rings. The molecule has 0 saturated heterocycles. The molecule has 9 heteroatoms. The minimum Gasteiger partial charge on any atom is -0.398 e. The molecular formula is C22H16ClFN6O. The summed E-state index contributed by atoms with van der Waals surface area (Å²) in [6.07, 6.45) is 4.00. The number of aromatic nitrogens is 3. The first-order valence-corrected chi connectivity index (χ1v) is 10.2. The van der Waals surface area contributed by atoms with Gasteiger partial charge in [-0.05, 0) is 53.9 Å². The Morgan fingerprint density at radius 1 is 1.23 bits per heavy atom. The minimum atomic E-state index is -0.642. The standard InChI is InChI=1S/C22H16ClFN6O/c23-16-4-3-11(24)8-15(16)19-18-17(25)9-14(12-5-7-29(20(12)18)22(31)28-19)13-2-1-6-30-21(13)26-10-27-30/h1-4,6,8-10,19H,5,7,25H2,(H,28,31). The second-order valence-corrected chi connectivity index (χ2v) is 8.06. The molecule has 0 bridgehead atoms. The molecule has 4 heterocycles. The number of hydrogen-bond acceptors (Lipinski definition) is 4. The first-order chi connectivity index (χ1) is 15.0. The van der Waals surface area contributed by atoms with E-state index in [0.717, 1.165) is 27.9 Å². The number of amides is 2. The minimum absolute atomic E-state index is 0.256. The Labute approximate surface area is 181 Å². The van der Waals surface area contributed by atoms with Gasteiger partial charge in [-0.25, -0.2) is 18.7 Å². The van der Waals surface area contributed by atoms with Gasteiger partial charge in [-0.3, -0.25) is 4.90 Å². The molecule has 4 aromatic rings. The first kappa shape index (κ1) is 18.1. The Morgan fingerprint density at radius 3 is 2.97 bits per heavy atom. The number of pyridine rings is 1. The van der Waals surface area contributed by atoms with E-state index in [1.165, 1.54) is 24.5 Å². The van der Waals surface area contributed by atoms with Gasteiger partial charge in [0, 0.05) is 40.1 Å². The zero-order chi connectivity index (χ0) is 21.3. The van der Waals surface area contributed by atoms with Crippen LogP contribution in [-0.2, 0) is 6.42 Å². The van der Waals surface area contributed by atoms with Crippen molar-refractivity contribution in [2.24, 2.45) is 0 Å². The maximum Gasteiger partial charge on any atom is 0.322 e. The number of hydrogen-bond donors (Lipinski definition) is 2. The molecule has 0 fully saturated rings. The van der Waals surface area contributed by atoms with Crippen LogP contribution >= 0.6 is 11.6 Å². The SMILES string of the molecule is Nc1cc(-c2cccn3ncnc23)c2c3c1C(c1cc(F)ccc1Cl)NC(=O)N3CC2. The Morgan fingerprint density at radius 2 is 2.10 bits per heavy atom. The maximum absolute atomic E-state index is 14.0. The zero-order valence-electron chi connectivity index (χ0n) is 16.1. The van der Waals surface area contributed by atoms with Crippen LogP contribution in [0.5, 0.6) is 0 Å². The lowest BCUT2D eigenvalue weighted by atomic mass is 9.88. The van der Waals surface area contributed by atoms with E-state index in [1.807, 2.05) is 24.4 Å². The highest BCUT2D eigenvalue weighted by Crippen LogP contribution is 2.49. The molecule has 3 N–H and O–H groups in total. The summed E-state index contributed by atoms with van der Waals surface area (Å²) in [5.74, 6) is -0.429. The van der Waals surface area contributed by atoms with Crippen molar-refractivity contribution in [1.82, 2.24) is 19.9 Å². The van der Waals surface area contributed by atoms with Crippen molar-refractivity contribution < 1.29 is 9.18 Å². The third kappa shape index (κ3) is 2.55. The van der Waals surface area contributed by atoms with Crippen LogP contribution in [0, 0.1) is 5.82 Å². The van der Waals surface area contributed by atoms with Crippen LogP contribution in [0.15, 0.2) is 48.9 Å². The van der Waals surface area contributed by atoms with Crippen molar-refractivity contribution in [3.63, 3.8) is 0 Å². The number of fused-ring (bicyclic) bond motifs is 1. The quantitative estimate of drug-likeness (QED) is 0.467. The molecule has 2 aromatic carbocycles. The van der Waals surface area contributed by atoms with E-state index in [4.69, 9.17) is 17.3 Å². The Bertz CT molecular complexity index is 1400. The van der Waals surface area contributed by atoms with Crippen molar-refractivity contribution in [3.8, 4) is 11.1 Å². The number of nitrogen functional groups attached to an aromatic ring is 1. The third-order valence-corrected chi connectivity index (χ3v) is 6.34. The van der Waals surface area contributed by atoms with Gasteiger partial charge >= 0.3 is 6.03 Å². The first-order valence-electron chi connectivity index (χ1n) is 9.80. The van der Waals surface area contributed by atoms with Crippen molar-refractivity contribution in [2.45, 2.75) is 12.5 Å². The highest BCUT2D eigenvalue weighted by atomic mass is 35.5. The molecule has 2 amide bonds. The summed E-state index contributed by atoms with van der Waals surface area (Å²) in [5.41, 5.74) is 12.5. The number of urea groups is 1. The van der Waals surface area contributed by atoms with Gasteiger partial charge in [0.1, 0.15) is 12.1 Å². The van der Waals surface area contributed by atoms with Gasteiger partial charge in [0.15, 0.2) is 5.65 Å². The van der Waals surface area contributed by atoms with E-state index < -0.39 is 11.9 Å². The van der Waals surface area contributed by atoms with E-state index in [9.17, 15) is 9.18 Å². The summed E-state index contributed by atoms with van der Waals surface area (Å²) in [6, 6.07) is 8.99. The van der Waals surface area contributed by atoms with E-state index >= 15 is 0 Å². The molecule has 2 aliphatic heterocycles. The predicted octanol–water partition coefficient (Wildman–Crippen LogP) is 3.95. The van der Waals surface area contributed by atoms with Crippen LogP contribution in [0.2, 0.25) is 5.02 Å². The lowest BCUT2D eigenvalue weighted by Crippen LogP contribution is -2.46. The van der Waals surface area contributed by atoms with Crippen LogP contribution < -0.4 is 16.0 Å². The van der Waals surface area contributed by atoms with Gasteiger partial charge in [0.25, 0.3) is 0 Å². The number of halogens is 2. The molecule has 154 valence electrons. The van der Waals surface area contributed by atoms with Crippen molar-refractivity contribution in [2.75, 3.05) is 17.2 Å². The van der Waals surface area contributed by atoms with Crippen LogP contribution in [0.4, 0.5) is 20.6 Å². The highest BCUT2D eigenvalue weighted by Gasteiger charge is 2.40. The average molecular weight is 435 g/mol. The Hall–Kier alpha value is -3.65. The number of nitrogens with two attached hydrogens (primary N) is 1. The number of carbonyl (C=O) groups excluding carboxylic acids is 1. The predicted molar refractivity (Wildman–Crippen MR) is 116 cm³/mol. The molecule has 0 aliphatic carbocycles. The third-order valence-electron chi connectivity index (χ3n) is 6.00. The summed E-state index contributed by atoms with van der Waals surface area (Å²) in [4.78, 5) is 19.0. The summed E-state index contributed by atoms with van der Waals surface area (Å²) >= 11 is 6.38. The fourth-order valence-corrected chi connectivity index (χ4v) is 4.92. The Balaban J connectivity index is 1.63. The molecule has 2 aromatic heterocycles. The molecule has 0 saturated carbocycles. The molecular weight excluding hydrogens is 419 g/mol. The summed E-state index contributed by atoms with van der Waals surface area (Å²) in [6.45, 7) is 0.532. The zero-order valence-corrected chi connectivity index (χ0v) is 16.9. The topological polar surface area (TPSA) is 88.5 Å². The second-order valence-electron chi connectivity index (χ2n) is 7.65. The monoisotopic (exact) mass is 434 g/mol. The van der Waals surface area contributed by atoms with Gasteiger partial charge in [0.05, 0.1) is 11.7 Å². The van der Waals surface area contributed by atoms with Crippen molar-refractivity contribution in [3.05, 3.63) is 76.5 Å².